The number of anilines is 1. The van der Waals surface area contributed by atoms with E-state index in [-0.39, 0.29) is 22.0 Å². The third kappa shape index (κ3) is 4.06. The Labute approximate surface area is 200 Å². The highest BCUT2D eigenvalue weighted by Crippen LogP contribution is 2.33. The molecule has 0 aliphatic heterocycles. The van der Waals surface area contributed by atoms with Gasteiger partial charge in [-0.15, -0.1) is 0 Å². The van der Waals surface area contributed by atoms with Gasteiger partial charge in [0.1, 0.15) is 10.6 Å². The number of pyridine rings is 1. The van der Waals surface area contributed by atoms with Gasteiger partial charge in [-0.05, 0) is 43.3 Å². The van der Waals surface area contributed by atoms with E-state index in [1.165, 1.54) is 16.7 Å². The molecule has 35 heavy (non-hydrogen) atoms. The quantitative estimate of drug-likeness (QED) is 0.358. The van der Waals surface area contributed by atoms with Crippen LogP contribution in [-0.2, 0) is 17.2 Å². The first kappa shape index (κ1) is 22.4. The van der Waals surface area contributed by atoms with Gasteiger partial charge in [-0.1, -0.05) is 48.0 Å². The van der Waals surface area contributed by atoms with Crippen molar-refractivity contribution in [1.29, 1.82) is 0 Å². The number of para-hydroxylation sites is 2. The van der Waals surface area contributed by atoms with Crippen LogP contribution in [0.5, 0.6) is 5.75 Å². The van der Waals surface area contributed by atoms with E-state index in [1.54, 1.807) is 49.5 Å². The van der Waals surface area contributed by atoms with Crippen molar-refractivity contribution in [2.24, 2.45) is 7.05 Å². The molecule has 5 rings (SSSR count). The number of carbonyl (C=O) groups excluding carboxylic acids is 1. The predicted molar refractivity (Wildman–Crippen MR) is 134 cm³/mol. The summed E-state index contributed by atoms with van der Waals surface area (Å²) < 4.78 is 33.1. The molecule has 0 spiro atoms. The Morgan fingerprint density at radius 3 is 2.40 bits per heavy atom. The maximum atomic E-state index is 13.3. The lowest BCUT2D eigenvalue weighted by Crippen LogP contribution is -2.26. The topological polar surface area (TPSA) is 110 Å². The Balaban J connectivity index is 1.64. The summed E-state index contributed by atoms with van der Waals surface area (Å²) in [6.07, 6.45) is 0. The number of carbonyl (C=O) groups is 1. The molecule has 9 heteroatoms. The van der Waals surface area contributed by atoms with Crippen LogP contribution in [-0.4, -0.2) is 23.9 Å². The molecule has 176 valence electrons. The standard InChI is InChI=1S/C26H21N3O5S/c1-16-11-13-18(14-12-16)35(32,33)34-24-19-8-4-6-10-22(19)29(2)26(31)23(24)28-25(30)21-15-17-7-3-5-9-20(17)27-21/h3-15,27H,1-2H3,(H,28,30). The monoisotopic (exact) mass is 487 g/mol. The molecule has 0 saturated heterocycles. The van der Waals surface area contributed by atoms with Crippen LogP contribution >= 0.6 is 0 Å². The highest BCUT2D eigenvalue weighted by atomic mass is 32.2. The van der Waals surface area contributed by atoms with E-state index in [9.17, 15) is 18.0 Å². The number of H-pyrrole nitrogens is 1. The lowest BCUT2D eigenvalue weighted by molar-refractivity contribution is 0.102. The molecule has 5 aromatic rings. The van der Waals surface area contributed by atoms with Gasteiger partial charge in [0.15, 0.2) is 11.4 Å². The number of nitrogens with zero attached hydrogens (tertiary/aromatic N) is 1. The second-order valence-electron chi connectivity index (χ2n) is 8.16. The summed E-state index contributed by atoms with van der Waals surface area (Å²) in [7, 11) is -2.76. The molecule has 0 aliphatic rings. The number of fused-ring (bicyclic) bond motifs is 2. The maximum absolute atomic E-state index is 13.3. The van der Waals surface area contributed by atoms with Crippen LogP contribution in [0.25, 0.3) is 21.8 Å². The number of amides is 1. The summed E-state index contributed by atoms with van der Waals surface area (Å²) in [6, 6.07) is 21.9. The van der Waals surface area contributed by atoms with Gasteiger partial charge in [-0.3, -0.25) is 9.59 Å². The minimum absolute atomic E-state index is 0.0687. The Bertz CT molecular complexity index is 1730. The van der Waals surface area contributed by atoms with E-state index in [2.05, 4.69) is 10.3 Å². The van der Waals surface area contributed by atoms with E-state index < -0.39 is 21.6 Å². The number of aryl methyl sites for hydroxylation is 2. The molecular weight excluding hydrogens is 466 g/mol. The van der Waals surface area contributed by atoms with Crippen molar-refractivity contribution in [1.82, 2.24) is 9.55 Å². The van der Waals surface area contributed by atoms with Gasteiger partial charge in [0, 0.05) is 23.3 Å². The highest BCUT2D eigenvalue weighted by Gasteiger charge is 2.25. The largest absolute Gasteiger partial charge is 0.376 e. The van der Waals surface area contributed by atoms with Crippen LogP contribution in [0.4, 0.5) is 5.69 Å². The number of aromatic amines is 1. The van der Waals surface area contributed by atoms with Crippen molar-refractivity contribution in [2.75, 3.05) is 5.32 Å². The van der Waals surface area contributed by atoms with Gasteiger partial charge < -0.3 is 19.1 Å². The second-order valence-corrected chi connectivity index (χ2v) is 9.71. The third-order valence-corrected chi connectivity index (χ3v) is 7.01. The van der Waals surface area contributed by atoms with Crippen LogP contribution in [0.15, 0.2) is 88.6 Å². The Morgan fingerprint density at radius 2 is 1.66 bits per heavy atom. The van der Waals surface area contributed by atoms with Gasteiger partial charge >= 0.3 is 10.1 Å². The first-order valence-electron chi connectivity index (χ1n) is 10.8. The van der Waals surface area contributed by atoms with Crippen molar-refractivity contribution < 1.29 is 17.4 Å². The molecule has 0 atom stereocenters. The summed E-state index contributed by atoms with van der Waals surface area (Å²) in [6.45, 7) is 1.84. The average molecular weight is 488 g/mol. The summed E-state index contributed by atoms with van der Waals surface area (Å²) in [5, 5.41) is 3.76. The zero-order chi connectivity index (χ0) is 24.7. The lowest BCUT2D eigenvalue weighted by Gasteiger charge is -2.16. The lowest BCUT2D eigenvalue weighted by atomic mass is 10.1. The van der Waals surface area contributed by atoms with E-state index >= 15 is 0 Å². The van der Waals surface area contributed by atoms with Crippen LogP contribution in [0.2, 0.25) is 0 Å². The van der Waals surface area contributed by atoms with Crippen LogP contribution in [0, 0.1) is 6.92 Å². The van der Waals surface area contributed by atoms with Crippen molar-refractivity contribution in [3.05, 3.63) is 100 Å². The molecular formula is C26H21N3O5S. The third-order valence-electron chi connectivity index (χ3n) is 5.77. The SMILES string of the molecule is Cc1ccc(S(=O)(=O)Oc2c(NC(=O)c3cc4ccccc4[nH]3)c(=O)n(C)c3ccccc23)cc1. The Kier molecular flexibility index (Phi) is 5.41. The summed E-state index contributed by atoms with van der Waals surface area (Å²) >= 11 is 0. The molecule has 0 radical (unpaired) electrons. The second kappa shape index (κ2) is 8.44. The van der Waals surface area contributed by atoms with Gasteiger partial charge in [-0.2, -0.15) is 8.42 Å². The highest BCUT2D eigenvalue weighted by molar-refractivity contribution is 7.87. The van der Waals surface area contributed by atoms with Crippen LogP contribution in [0.1, 0.15) is 16.1 Å². The molecule has 0 saturated carbocycles. The van der Waals surface area contributed by atoms with Crippen LogP contribution in [0.3, 0.4) is 0 Å². The van der Waals surface area contributed by atoms with Gasteiger partial charge in [-0.25, -0.2) is 0 Å². The average Bonchev–Trinajstić information content (AvgIpc) is 3.29. The Morgan fingerprint density at radius 1 is 0.971 bits per heavy atom. The molecule has 8 nitrogen and oxygen atoms in total. The van der Waals surface area contributed by atoms with Crippen molar-refractivity contribution in [3.8, 4) is 5.75 Å². The molecule has 2 heterocycles. The number of hydrogen-bond donors (Lipinski definition) is 2. The molecule has 0 bridgehead atoms. The van der Waals surface area contributed by atoms with Crippen molar-refractivity contribution in [2.45, 2.75) is 11.8 Å². The molecule has 0 aliphatic carbocycles. The Hall–Kier alpha value is -4.37. The zero-order valence-electron chi connectivity index (χ0n) is 18.9. The molecule has 1 amide bonds. The van der Waals surface area contributed by atoms with E-state index in [4.69, 9.17) is 4.18 Å². The summed E-state index contributed by atoms with van der Waals surface area (Å²) in [4.78, 5) is 29.3. The number of hydrogen-bond acceptors (Lipinski definition) is 5. The van der Waals surface area contributed by atoms with Crippen LogP contribution < -0.4 is 15.1 Å². The first-order chi connectivity index (χ1) is 16.7. The zero-order valence-corrected chi connectivity index (χ0v) is 19.7. The predicted octanol–water partition coefficient (Wildman–Crippen LogP) is 4.35. The van der Waals surface area contributed by atoms with E-state index in [1.807, 2.05) is 31.2 Å². The summed E-state index contributed by atoms with van der Waals surface area (Å²) in [5.41, 5.74) is 1.42. The minimum atomic E-state index is -4.30. The fourth-order valence-electron chi connectivity index (χ4n) is 3.90. The van der Waals surface area contributed by atoms with E-state index in [0.717, 1.165) is 16.5 Å². The van der Waals surface area contributed by atoms with Crippen molar-refractivity contribution in [3.63, 3.8) is 0 Å². The van der Waals surface area contributed by atoms with Gasteiger partial charge in [0.2, 0.25) is 0 Å². The van der Waals surface area contributed by atoms with Gasteiger partial charge in [0.05, 0.1) is 5.52 Å². The fourth-order valence-corrected chi connectivity index (χ4v) is 4.86. The number of nitrogens with one attached hydrogen (secondary N) is 2. The summed E-state index contributed by atoms with van der Waals surface area (Å²) in [5.74, 6) is -0.847. The molecule has 3 aromatic carbocycles. The smallest absolute Gasteiger partial charge is 0.339 e. The first-order valence-corrected chi connectivity index (χ1v) is 12.2. The molecule has 2 aromatic heterocycles. The van der Waals surface area contributed by atoms with E-state index in [0.29, 0.717) is 10.9 Å². The number of rotatable bonds is 5. The minimum Gasteiger partial charge on any atom is -0.376 e. The fraction of sp³-hybridized carbons (Fsp3) is 0.0769. The normalized spacial score (nSPS) is 11.6. The molecule has 0 fully saturated rings. The number of aromatic nitrogens is 2. The molecule has 2 N–H and O–H groups in total. The molecule has 0 unspecified atom stereocenters. The maximum Gasteiger partial charge on any atom is 0.339 e. The van der Waals surface area contributed by atoms with Crippen molar-refractivity contribution >= 4 is 43.5 Å². The number of benzene rings is 3. The van der Waals surface area contributed by atoms with Gasteiger partial charge in [0.25, 0.3) is 11.5 Å².